The summed E-state index contributed by atoms with van der Waals surface area (Å²) in [6, 6.07) is 15.5. The molecule has 25 heavy (non-hydrogen) atoms. The number of para-hydroxylation sites is 1. The van der Waals surface area contributed by atoms with E-state index in [9.17, 15) is 9.59 Å². The molecular weight excluding hydrogens is 380 g/mol. The van der Waals surface area contributed by atoms with Crippen LogP contribution in [0.1, 0.15) is 38.8 Å². The Labute approximate surface area is 156 Å². The highest BCUT2D eigenvalue weighted by atomic mass is 79.9. The van der Waals surface area contributed by atoms with Crippen LogP contribution in [0, 0.1) is 0 Å². The molecule has 5 heteroatoms. The van der Waals surface area contributed by atoms with Crippen LogP contribution in [0.15, 0.2) is 53.0 Å². The lowest BCUT2D eigenvalue weighted by atomic mass is 9.90. The molecule has 2 aromatic rings. The number of fused-ring (bicyclic) bond motifs is 1. The third-order valence-electron chi connectivity index (χ3n) is 4.64. The van der Waals surface area contributed by atoms with E-state index in [0.717, 1.165) is 21.4 Å². The Balaban J connectivity index is 2.15. The quantitative estimate of drug-likeness (QED) is 0.733. The first kappa shape index (κ1) is 17.7. The van der Waals surface area contributed by atoms with Gasteiger partial charge in [0.25, 0.3) is 0 Å². The third-order valence-corrected chi connectivity index (χ3v) is 5.13. The van der Waals surface area contributed by atoms with E-state index >= 15 is 0 Å². The van der Waals surface area contributed by atoms with Gasteiger partial charge in [0, 0.05) is 35.7 Å². The molecular formula is C20H21BrN2O2. The predicted molar refractivity (Wildman–Crippen MR) is 104 cm³/mol. The lowest BCUT2D eigenvalue weighted by Crippen LogP contribution is -2.46. The van der Waals surface area contributed by atoms with E-state index in [4.69, 9.17) is 0 Å². The van der Waals surface area contributed by atoms with Crippen LogP contribution in [0.4, 0.5) is 11.4 Å². The summed E-state index contributed by atoms with van der Waals surface area (Å²) in [5, 5.41) is 0. The Morgan fingerprint density at radius 1 is 1.12 bits per heavy atom. The van der Waals surface area contributed by atoms with Crippen LogP contribution in [-0.4, -0.2) is 17.9 Å². The van der Waals surface area contributed by atoms with Crippen molar-refractivity contribution in [1.29, 1.82) is 0 Å². The number of benzene rings is 2. The van der Waals surface area contributed by atoms with Crippen molar-refractivity contribution in [3.8, 4) is 0 Å². The number of carbonyl (C=O) groups excluding carboxylic acids is 2. The molecule has 0 bridgehead atoms. The number of rotatable bonds is 2. The molecule has 0 aromatic heterocycles. The van der Waals surface area contributed by atoms with Crippen molar-refractivity contribution in [1.82, 2.24) is 0 Å². The third kappa shape index (κ3) is 3.33. The Hall–Kier alpha value is -2.14. The minimum Gasteiger partial charge on any atom is -0.309 e. The largest absolute Gasteiger partial charge is 0.309 e. The van der Waals surface area contributed by atoms with Gasteiger partial charge in [-0.15, -0.1) is 0 Å². The van der Waals surface area contributed by atoms with Gasteiger partial charge in [-0.25, -0.2) is 0 Å². The standard InChI is InChI=1S/C20H21BrN2O2/c1-13-11-20(23(15(3)25)17-7-5-4-6-8-17)18-12-16(21)9-10-19(18)22(13)14(2)24/h4-10,12-13,20H,11H2,1-3H3/t13-,20-/m0/s1. The summed E-state index contributed by atoms with van der Waals surface area (Å²) in [4.78, 5) is 28.3. The molecule has 0 saturated carbocycles. The van der Waals surface area contributed by atoms with Crippen molar-refractivity contribution in [2.75, 3.05) is 9.80 Å². The van der Waals surface area contributed by atoms with Crippen molar-refractivity contribution in [3.63, 3.8) is 0 Å². The number of hydrogen-bond acceptors (Lipinski definition) is 2. The normalized spacial score (nSPS) is 19.3. The molecule has 1 aliphatic heterocycles. The molecule has 2 aromatic carbocycles. The summed E-state index contributed by atoms with van der Waals surface area (Å²) in [7, 11) is 0. The van der Waals surface area contributed by atoms with Crippen LogP contribution in [0.3, 0.4) is 0 Å². The second kappa shape index (κ2) is 7.00. The molecule has 0 unspecified atom stereocenters. The highest BCUT2D eigenvalue weighted by Gasteiger charge is 2.36. The zero-order valence-electron chi connectivity index (χ0n) is 14.6. The highest BCUT2D eigenvalue weighted by Crippen LogP contribution is 2.43. The molecule has 1 aliphatic rings. The van der Waals surface area contributed by atoms with Gasteiger partial charge < -0.3 is 9.80 Å². The second-order valence-corrected chi connectivity index (χ2v) is 7.33. The van der Waals surface area contributed by atoms with Gasteiger partial charge in [0.1, 0.15) is 0 Å². The zero-order chi connectivity index (χ0) is 18.1. The van der Waals surface area contributed by atoms with E-state index < -0.39 is 0 Å². The number of hydrogen-bond donors (Lipinski definition) is 0. The number of nitrogens with zero attached hydrogens (tertiary/aromatic N) is 2. The number of anilines is 2. The molecule has 0 N–H and O–H groups in total. The summed E-state index contributed by atoms with van der Waals surface area (Å²) < 4.78 is 0.936. The first-order valence-corrected chi connectivity index (χ1v) is 9.13. The van der Waals surface area contributed by atoms with Crippen LogP contribution >= 0.6 is 15.9 Å². The van der Waals surface area contributed by atoms with E-state index in [1.165, 1.54) is 0 Å². The van der Waals surface area contributed by atoms with E-state index in [2.05, 4.69) is 15.9 Å². The molecule has 3 rings (SSSR count). The fourth-order valence-corrected chi connectivity index (χ4v) is 4.08. The summed E-state index contributed by atoms with van der Waals surface area (Å²) in [6.45, 7) is 5.21. The Morgan fingerprint density at radius 2 is 1.80 bits per heavy atom. The second-order valence-electron chi connectivity index (χ2n) is 6.42. The van der Waals surface area contributed by atoms with Gasteiger partial charge >= 0.3 is 0 Å². The van der Waals surface area contributed by atoms with Gasteiger partial charge in [-0.2, -0.15) is 0 Å². The maximum absolute atomic E-state index is 12.5. The zero-order valence-corrected chi connectivity index (χ0v) is 16.2. The van der Waals surface area contributed by atoms with Crippen LogP contribution in [0.2, 0.25) is 0 Å². The van der Waals surface area contributed by atoms with Crippen molar-refractivity contribution in [2.45, 2.75) is 39.3 Å². The van der Waals surface area contributed by atoms with Crippen LogP contribution in [0.25, 0.3) is 0 Å². The summed E-state index contributed by atoms with van der Waals surface area (Å²) in [5.41, 5.74) is 2.73. The minimum absolute atomic E-state index is 0.00870. The molecule has 130 valence electrons. The van der Waals surface area contributed by atoms with E-state index in [1.807, 2.05) is 65.3 Å². The molecule has 2 amide bonds. The van der Waals surface area contributed by atoms with Crippen molar-refractivity contribution < 1.29 is 9.59 Å². The van der Waals surface area contributed by atoms with Crippen molar-refractivity contribution >= 4 is 39.1 Å². The predicted octanol–water partition coefficient (Wildman–Crippen LogP) is 4.69. The average molecular weight is 401 g/mol. The van der Waals surface area contributed by atoms with Gasteiger partial charge in [-0.3, -0.25) is 9.59 Å². The first-order chi connectivity index (χ1) is 11.9. The van der Waals surface area contributed by atoms with Gasteiger partial charge in [-0.1, -0.05) is 34.1 Å². The lowest BCUT2D eigenvalue weighted by Gasteiger charge is -2.43. The molecule has 0 spiro atoms. The molecule has 0 fully saturated rings. The molecule has 0 radical (unpaired) electrons. The topological polar surface area (TPSA) is 40.6 Å². The Morgan fingerprint density at radius 3 is 2.40 bits per heavy atom. The molecule has 1 heterocycles. The molecule has 0 saturated heterocycles. The van der Waals surface area contributed by atoms with Crippen molar-refractivity contribution in [3.05, 3.63) is 58.6 Å². The van der Waals surface area contributed by atoms with E-state index in [0.29, 0.717) is 6.42 Å². The lowest BCUT2D eigenvalue weighted by molar-refractivity contribution is -0.117. The van der Waals surface area contributed by atoms with Gasteiger partial charge in [0.05, 0.1) is 6.04 Å². The summed E-state index contributed by atoms with van der Waals surface area (Å²) in [5.74, 6) is 0.00853. The fourth-order valence-electron chi connectivity index (χ4n) is 3.70. The van der Waals surface area contributed by atoms with E-state index in [-0.39, 0.29) is 23.9 Å². The summed E-state index contributed by atoms with van der Waals surface area (Å²) >= 11 is 3.53. The Kier molecular flexibility index (Phi) is 4.95. The van der Waals surface area contributed by atoms with E-state index in [1.54, 1.807) is 13.8 Å². The average Bonchev–Trinajstić information content (AvgIpc) is 2.55. The molecule has 4 nitrogen and oxygen atoms in total. The smallest absolute Gasteiger partial charge is 0.224 e. The maximum atomic E-state index is 12.5. The van der Waals surface area contributed by atoms with Crippen LogP contribution < -0.4 is 9.80 Å². The fraction of sp³-hybridized carbons (Fsp3) is 0.300. The number of halogens is 1. The molecule has 2 atom stereocenters. The maximum Gasteiger partial charge on any atom is 0.224 e. The van der Waals surface area contributed by atoms with Gasteiger partial charge in [0.2, 0.25) is 11.8 Å². The monoisotopic (exact) mass is 400 g/mol. The SMILES string of the molecule is CC(=O)N1c2ccc(Br)cc2[C@@H](N(C(C)=O)c2ccccc2)C[C@@H]1C. The number of carbonyl (C=O) groups is 2. The van der Waals surface area contributed by atoms with Gasteiger partial charge in [-0.05, 0) is 49.2 Å². The van der Waals surface area contributed by atoms with Crippen molar-refractivity contribution in [2.24, 2.45) is 0 Å². The van der Waals surface area contributed by atoms with Crippen LogP contribution in [-0.2, 0) is 9.59 Å². The van der Waals surface area contributed by atoms with Crippen LogP contribution in [0.5, 0.6) is 0 Å². The highest BCUT2D eigenvalue weighted by molar-refractivity contribution is 9.10. The summed E-state index contributed by atoms with van der Waals surface area (Å²) in [6.07, 6.45) is 0.692. The van der Waals surface area contributed by atoms with Gasteiger partial charge in [0.15, 0.2) is 0 Å². The Bertz CT molecular complexity index is 807. The minimum atomic E-state index is -0.113. The number of amides is 2. The first-order valence-electron chi connectivity index (χ1n) is 8.34. The molecule has 0 aliphatic carbocycles.